The largest absolute Gasteiger partial charge is 0.485 e. The summed E-state index contributed by atoms with van der Waals surface area (Å²) in [6, 6.07) is 9.52. The molecule has 4 rings (SSSR count). The van der Waals surface area contributed by atoms with Crippen molar-refractivity contribution >= 4 is 16.7 Å². The summed E-state index contributed by atoms with van der Waals surface area (Å²) in [5.41, 5.74) is 8.59. The Bertz CT molecular complexity index is 991. The minimum atomic E-state index is 0.303. The van der Waals surface area contributed by atoms with E-state index in [1.807, 2.05) is 31.3 Å². The molecule has 0 saturated carbocycles. The molecule has 120 valence electrons. The molecular formula is C16H15N7O. The van der Waals surface area contributed by atoms with Crippen molar-refractivity contribution in [2.24, 2.45) is 7.05 Å². The third-order valence-electron chi connectivity index (χ3n) is 3.77. The number of H-pyrrole nitrogens is 1. The van der Waals surface area contributed by atoms with E-state index >= 15 is 0 Å². The van der Waals surface area contributed by atoms with Crippen LogP contribution in [0.4, 0.5) is 5.82 Å². The minimum Gasteiger partial charge on any atom is -0.485 e. The van der Waals surface area contributed by atoms with Crippen LogP contribution >= 0.6 is 0 Å². The predicted octanol–water partition coefficient (Wildman–Crippen LogP) is 1.91. The molecule has 0 atom stereocenters. The lowest BCUT2D eigenvalue weighted by atomic mass is 10.1. The van der Waals surface area contributed by atoms with Gasteiger partial charge in [-0.3, -0.25) is 9.78 Å². The zero-order valence-electron chi connectivity index (χ0n) is 13.0. The van der Waals surface area contributed by atoms with Gasteiger partial charge in [-0.05, 0) is 18.2 Å². The Morgan fingerprint density at radius 2 is 2.17 bits per heavy atom. The highest BCUT2D eigenvalue weighted by molar-refractivity contribution is 5.89. The minimum absolute atomic E-state index is 0.303. The number of hydrogen-bond donors (Lipinski definition) is 2. The Kier molecular flexibility index (Phi) is 3.34. The highest BCUT2D eigenvalue weighted by Crippen LogP contribution is 2.30. The molecule has 8 nitrogen and oxygen atoms in total. The van der Waals surface area contributed by atoms with Crippen molar-refractivity contribution in [2.75, 3.05) is 5.73 Å². The normalized spacial score (nSPS) is 11.0. The first-order chi connectivity index (χ1) is 11.7. The molecule has 0 aliphatic heterocycles. The fourth-order valence-corrected chi connectivity index (χ4v) is 2.51. The number of nitrogens with zero attached hydrogens (tertiary/aromatic N) is 5. The number of hydrogen-bond acceptors (Lipinski definition) is 6. The van der Waals surface area contributed by atoms with Crippen LogP contribution in [0.1, 0.15) is 5.82 Å². The number of aromatic nitrogens is 6. The first kappa shape index (κ1) is 14.2. The maximum Gasteiger partial charge on any atom is 0.164 e. The van der Waals surface area contributed by atoms with Crippen LogP contribution in [0.25, 0.3) is 22.2 Å². The summed E-state index contributed by atoms with van der Waals surface area (Å²) in [7, 11) is 1.82. The van der Waals surface area contributed by atoms with Gasteiger partial charge in [-0.25, -0.2) is 9.97 Å². The van der Waals surface area contributed by atoms with Crippen molar-refractivity contribution in [1.82, 2.24) is 29.9 Å². The molecule has 0 aliphatic rings. The smallest absolute Gasteiger partial charge is 0.164 e. The third-order valence-corrected chi connectivity index (χ3v) is 3.77. The van der Waals surface area contributed by atoms with Gasteiger partial charge in [-0.15, -0.1) is 0 Å². The Morgan fingerprint density at radius 3 is 2.92 bits per heavy atom. The quantitative estimate of drug-likeness (QED) is 0.594. The average molecular weight is 321 g/mol. The van der Waals surface area contributed by atoms with Crippen LogP contribution in [0.3, 0.4) is 0 Å². The van der Waals surface area contributed by atoms with E-state index in [9.17, 15) is 0 Å². The van der Waals surface area contributed by atoms with E-state index in [4.69, 9.17) is 10.5 Å². The topological polar surface area (TPSA) is 108 Å². The van der Waals surface area contributed by atoms with Crippen LogP contribution in [0, 0.1) is 0 Å². The van der Waals surface area contributed by atoms with E-state index in [1.54, 1.807) is 16.9 Å². The maximum atomic E-state index is 5.93. The Morgan fingerprint density at radius 1 is 1.25 bits per heavy atom. The molecule has 0 unspecified atom stereocenters. The molecule has 0 bridgehead atoms. The number of nitrogens with two attached hydrogens (primary N) is 1. The number of nitrogens with one attached hydrogen (secondary N) is 1. The molecular weight excluding hydrogens is 306 g/mol. The molecule has 0 aliphatic carbocycles. The Hall–Kier alpha value is -3.42. The monoisotopic (exact) mass is 321 g/mol. The number of benzene rings is 1. The molecule has 4 aromatic rings. The van der Waals surface area contributed by atoms with Crippen LogP contribution < -0.4 is 10.5 Å². The van der Waals surface area contributed by atoms with Crippen LogP contribution in [-0.4, -0.2) is 29.9 Å². The highest BCUT2D eigenvalue weighted by Gasteiger charge is 2.10. The number of aryl methyl sites for hydroxylation is 1. The molecule has 0 saturated heterocycles. The fourth-order valence-electron chi connectivity index (χ4n) is 2.51. The standard InChI is InChI=1S/C16H15N7O/c1-23-16(18-9-20-23)8-24-14-7-15(17)21-13-6-10(2-3-11(13)14)12-4-5-19-22-12/h2-7,9H,8H2,1H3,(H2,17,21)(H,19,22). The Balaban J connectivity index is 1.71. The summed E-state index contributed by atoms with van der Waals surface area (Å²) < 4.78 is 7.56. The summed E-state index contributed by atoms with van der Waals surface area (Å²) in [5.74, 6) is 1.79. The van der Waals surface area contributed by atoms with Gasteiger partial charge in [0.25, 0.3) is 0 Å². The SMILES string of the molecule is Cn1ncnc1COc1cc(N)nc2cc(-c3ccn[nH]3)ccc12. The van der Waals surface area contributed by atoms with E-state index < -0.39 is 0 Å². The van der Waals surface area contributed by atoms with Gasteiger partial charge in [0, 0.05) is 30.3 Å². The van der Waals surface area contributed by atoms with Crippen molar-refractivity contribution in [3.63, 3.8) is 0 Å². The number of nitrogen functional groups attached to an aromatic ring is 1. The van der Waals surface area contributed by atoms with Crippen LogP contribution in [0.15, 0.2) is 42.9 Å². The zero-order valence-corrected chi connectivity index (χ0v) is 13.0. The van der Waals surface area contributed by atoms with Crippen LogP contribution in [-0.2, 0) is 13.7 Å². The summed E-state index contributed by atoms with van der Waals surface area (Å²) >= 11 is 0. The van der Waals surface area contributed by atoms with E-state index in [-0.39, 0.29) is 0 Å². The number of rotatable bonds is 4. The number of aromatic amines is 1. The van der Waals surface area contributed by atoms with Crippen LogP contribution in [0.2, 0.25) is 0 Å². The molecule has 3 N–H and O–H groups in total. The van der Waals surface area contributed by atoms with E-state index in [2.05, 4.69) is 25.3 Å². The molecule has 3 aromatic heterocycles. The second-order valence-corrected chi connectivity index (χ2v) is 5.34. The summed E-state index contributed by atoms with van der Waals surface area (Å²) in [6.07, 6.45) is 3.20. The predicted molar refractivity (Wildman–Crippen MR) is 89.1 cm³/mol. The first-order valence-corrected chi connectivity index (χ1v) is 7.36. The number of fused-ring (bicyclic) bond motifs is 1. The van der Waals surface area contributed by atoms with Gasteiger partial charge in [0.2, 0.25) is 0 Å². The molecule has 8 heteroatoms. The van der Waals surface area contributed by atoms with Crippen molar-refractivity contribution in [3.8, 4) is 17.0 Å². The number of anilines is 1. The zero-order chi connectivity index (χ0) is 16.5. The molecule has 0 amide bonds. The van der Waals surface area contributed by atoms with Crippen molar-refractivity contribution in [2.45, 2.75) is 6.61 Å². The molecule has 1 aromatic carbocycles. The van der Waals surface area contributed by atoms with Gasteiger partial charge in [0.05, 0.1) is 11.2 Å². The van der Waals surface area contributed by atoms with Crippen molar-refractivity contribution < 1.29 is 4.74 Å². The van der Waals surface area contributed by atoms with Gasteiger partial charge in [-0.2, -0.15) is 10.2 Å². The van der Waals surface area contributed by atoms with E-state index in [0.29, 0.717) is 18.2 Å². The van der Waals surface area contributed by atoms with Gasteiger partial charge >= 0.3 is 0 Å². The Labute approximate surface area is 137 Å². The molecule has 0 spiro atoms. The highest BCUT2D eigenvalue weighted by atomic mass is 16.5. The second kappa shape index (κ2) is 5.65. The van der Waals surface area contributed by atoms with Gasteiger partial charge < -0.3 is 10.5 Å². The fraction of sp³-hybridized carbons (Fsp3) is 0.125. The number of ether oxygens (including phenoxy) is 1. The van der Waals surface area contributed by atoms with E-state index in [0.717, 1.165) is 28.0 Å². The van der Waals surface area contributed by atoms with E-state index in [1.165, 1.54) is 6.33 Å². The lowest BCUT2D eigenvalue weighted by Gasteiger charge is -2.10. The number of pyridine rings is 1. The van der Waals surface area contributed by atoms with Crippen molar-refractivity contribution in [1.29, 1.82) is 0 Å². The van der Waals surface area contributed by atoms with Gasteiger partial charge in [-0.1, -0.05) is 6.07 Å². The van der Waals surface area contributed by atoms with Crippen LogP contribution in [0.5, 0.6) is 5.75 Å². The summed E-state index contributed by atoms with van der Waals surface area (Å²) in [4.78, 5) is 8.55. The average Bonchev–Trinajstić information content (AvgIpc) is 3.23. The molecule has 0 fully saturated rings. The van der Waals surface area contributed by atoms with Crippen molar-refractivity contribution in [3.05, 3.63) is 48.7 Å². The summed E-state index contributed by atoms with van der Waals surface area (Å²) in [5, 5.41) is 11.8. The second-order valence-electron chi connectivity index (χ2n) is 5.34. The first-order valence-electron chi connectivity index (χ1n) is 7.36. The maximum absolute atomic E-state index is 5.93. The molecule has 24 heavy (non-hydrogen) atoms. The lowest BCUT2D eigenvalue weighted by molar-refractivity contribution is 0.293. The molecule has 3 heterocycles. The van der Waals surface area contributed by atoms with Gasteiger partial charge in [0.15, 0.2) is 5.82 Å². The third kappa shape index (κ3) is 2.54. The molecule has 0 radical (unpaired) electrons. The summed E-state index contributed by atoms with van der Waals surface area (Å²) in [6.45, 7) is 0.303. The van der Waals surface area contributed by atoms with Gasteiger partial charge in [0.1, 0.15) is 24.5 Å². The lowest BCUT2D eigenvalue weighted by Crippen LogP contribution is -2.05.